The third-order valence-electron chi connectivity index (χ3n) is 5.58. The number of nitrogens with zero attached hydrogens (tertiary/aromatic N) is 4. The van der Waals surface area contributed by atoms with Crippen molar-refractivity contribution in [1.29, 1.82) is 0 Å². The molecule has 0 spiro atoms. The molecule has 2 heterocycles. The molecular formula is C22H42IN5O3. The van der Waals surface area contributed by atoms with Crippen LogP contribution in [0.2, 0.25) is 0 Å². The number of halogens is 1. The average molecular weight is 552 g/mol. The number of amides is 2. The molecule has 0 radical (unpaired) electrons. The Morgan fingerprint density at radius 1 is 1.06 bits per heavy atom. The smallest absolute Gasteiger partial charge is 0.410 e. The van der Waals surface area contributed by atoms with Crippen molar-refractivity contribution in [2.24, 2.45) is 10.9 Å². The lowest BCUT2D eigenvalue weighted by atomic mass is 9.96. The minimum atomic E-state index is -0.475. The maximum Gasteiger partial charge on any atom is 0.410 e. The van der Waals surface area contributed by atoms with Crippen molar-refractivity contribution in [1.82, 2.24) is 20.0 Å². The Kier molecular flexibility index (Phi) is 11.9. The van der Waals surface area contributed by atoms with E-state index < -0.39 is 5.60 Å². The molecule has 2 aliphatic rings. The number of guanidine groups is 1. The van der Waals surface area contributed by atoms with Gasteiger partial charge in [-0.3, -0.25) is 4.79 Å². The van der Waals surface area contributed by atoms with E-state index in [0.29, 0.717) is 12.5 Å². The maximum atomic E-state index is 12.4. The molecule has 9 heteroatoms. The second-order valence-electron chi connectivity index (χ2n) is 9.21. The number of carbonyl (C=O) groups excluding carboxylic acids is 2. The normalized spacial score (nSPS) is 17.9. The van der Waals surface area contributed by atoms with Gasteiger partial charge in [0.05, 0.1) is 0 Å². The van der Waals surface area contributed by atoms with Crippen molar-refractivity contribution in [3.63, 3.8) is 0 Å². The maximum absolute atomic E-state index is 12.4. The highest BCUT2D eigenvalue weighted by atomic mass is 127. The van der Waals surface area contributed by atoms with Crippen LogP contribution in [0.1, 0.15) is 60.3 Å². The molecule has 31 heavy (non-hydrogen) atoms. The summed E-state index contributed by atoms with van der Waals surface area (Å²) in [7, 11) is 0. The molecule has 2 aliphatic heterocycles. The molecule has 2 amide bonds. The van der Waals surface area contributed by atoms with Crippen molar-refractivity contribution in [3.05, 3.63) is 0 Å². The number of piperidine rings is 1. The summed E-state index contributed by atoms with van der Waals surface area (Å²) >= 11 is 0. The first-order chi connectivity index (χ1) is 14.2. The Labute approximate surface area is 205 Å². The lowest BCUT2D eigenvalue weighted by molar-refractivity contribution is -0.128. The van der Waals surface area contributed by atoms with Gasteiger partial charge in [-0.2, -0.15) is 0 Å². The highest BCUT2D eigenvalue weighted by molar-refractivity contribution is 14.0. The van der Waals surface area contributed by atoms with Gasteiger partial charge in [-0.05, 0) is 66.2 Å². The van der Waals surface area contributed by atoms with E-state index in [1.54, 1.807) is 4.90 Å². The third kappa shape index (κ3) is 9.41. The van der Waals surface area contributed by atoms with Crippen molar-refractivity contribution in [2.45, 2.75) is 65.9 Å². The fourth-order valence-electron chi connectivity index (χ4n) is 3.93. The van der Waals surface area contributed by atoms with E-state index in [2.05, 4.69) is 15.2 Å². The van der Waals surface area contributed by atoms with Gasteiger partial charge in [0.15, 0.2) is 5.96 Å². The zero-order valence-corrected chi connectivity index (χ0v) is 22.3. The summed E-state index contributed by atoms with van der Waals surface area (Å²) in [6.45, 7) is 15.6. The molecule has 2 saturated heterocycles. The zero-order valence-electron chi connectivity index (χ0n) is 20.0. The summed E-state index contributed by atoms with van der Waals surface area (Å²) in [6.07, 6.45) is 3.94. The van der Waals surface area contributed by atoms with Gasteiger partial charge in [-0.15, -0.1) is 24.0 Å². The minimum absolute atomic E-state index is 0. The minimum Gasteiger partial charge on any atom is -0.444 e. The molecule has 2 fully saturated rings. The second-order valence-corrected chi connectivity index (χ2v) is 9.21. The van der Waals surface area contributed by atoms with Crippen LogP contribution in [0.15, 0.2) is 4.99 Å². The van der Waals surface area contributed by atoms with E-state index in [1.807, 2.05) is 39.5 Å². The third-order valence-corrected chi connectivity index (χ3v) is 5.58. The van der Waals surface area contributed by atoms with Gasteiger partial charge in [-0.25, -0.2) is 9.79 Å². The number of nitrogens with one attached hydrogen (secondary N) is 1. The molecule has 2 rings (SSSR count). The topological polar surface area (TPSA) is 77.5 Å². The van der Waals surface area contributed by atoms with Crippen LogP contribution >= 0.6 is 24.0 Å². The molecule has 0 aromatic carbocycles. The predicted octanol–water partition coefficient (Wildman–Crippen LogP) is 3.16. The fraction of sp³-hybridized carbons (Fsp3) is 0.864. The molecular weight excluding hydrogens is 509 g/mol. The molecule has 0 atom stereocenters. The lowest BCUT2D eigenvalue weighted by Crippen LogP contribution is -2.48. The van der Waals surface area contributed by atoms with Crippen molar-refractivity contribution in [3.8, 4) is 0 Å². The Morgan fingerprint density at radius 2 is 1.68 bits per heavy atom. The lowest BCUT2D eigenvalue weighted by Gasteiger charge is -2.36. The van der Waals surface area contributed by atoms with E-state index >= 15 is 0 Å². The zero-order chi connectivity index (χ0) is 22.1. The molecule has 0 aromatic rings. The quantitative estimate of drug-likeness (QED) is 0.312. The van der Waals surface area contributed by atoms with Gasteiger partial charge in [0.2, 0.25) is 5.91 Å². The summed E-state index contributed by atoms with van der Waals surface area (Å²) in [5.41, 5.74) is -0.475. The number of carbonyl (C=O) groups is 2. The summed E-state index contributed by atoms with van der Waals surface area (Å²) in [5, 5.41) is 3.33. The Bertz CT molecular complexity index is 594. The summed E-state index contributed by atoms with van der Waals surface area (Å²) < 4.78 is 5.53. The molecule has 180 valence electrons. The first-order valence-corrected chi connectivity index (χ1v) is 11.5. The van der Waals surface area contributed by atoms with Gasteiger partial charge in [0, 0.05) is 45.8 Å². The van der Waals surface area contributed by atoms with Gasteiger partial charge < -0.3 is 24.8 Å². The fourth-order valence-corrected chi connectivity index (χ4v) is 3.93. The SMILES string of the molecule is CCNC(=NCC(=O)N1CCCC1)N1CCC(CN(CC)C(=O)OC(C)(C)C)CC1.I. The van der Waals surface area contributed by atoms with E-state index in [9.17, 15) is 9.59 Å². The number of hydrogen-bond donors (Lipinski definition) is 1. The Hall–Kier alpha value is -1.26. The van der Waals surface area contributed by atoms with Crippen molar-refractivity contribution >= 4 is 41.9 Å². The number of aliphatic imine (C=N–C) groups is 1. The first kappa shape index (κ1) is 27.8. The van der Waals surface area contributed by atoms with Crippen LogP contribution in [0, 0.1) is 5.92 Å². The number of hydrogen-bond acceptors (Lipinski definition) is 4. The highest BCUT2D eigenvalue weighted by Crippen LogP contribution is 2.20. The van der Waals surface area contributed by atoms with E-state index in [0.717, 1.165) is 70.9 Å². The number of likely N-dealkylation sites (tertiary alicyclic amines) is 2. The molecule has 8 nitrogen and oxygen atoms in total. The van der Waals surface area contributed by atoms with Crippen LogP contribution in [-0.4, -0.2) is 90.6 Å². The number of rotatable bonds is 6. The monoisotopic (exact) mass is 551 g/mol. The van der Waals surface area contributed by atoms with Gasteiger partial charge in [0.1, 0.15) is 12.1 Å². The molecule has 0 saturated carbocycles. The van der Waals surface area contributed by atoms with E-state index in [-0.39, 0.29) is 42.5 Å². The highest BCUT2D eigenvalue weighted by Gasteiger charge is 2.27. The average Bonchev–Trinajstić information content (AvgIpc) is 3.23. The van der Waals surface area contributed by atoms with Crippen LogP contribution < -0.4 is 5.32 Å². The molecule has 1 N–H and O–H groups in total. The van der Waals surface area contributed by atoms with Gasteiger partial charge in [0.25, 0.3) is 0 Å². The molecule has 0 unspecified atom stereocenters. The summed E-state index contributed by atoms with van der Waals surface area (Å²) in [4.78, 5) is 35.3. The number of ether oxygens (including phenoxy) is 1. The first-order valence-electron chi connectivity index (χ1n) is 11.5. The van der Waals surface area contributed by atoms with Crippen LogP contribution in [0.5, 0.6) is 0 Å². The van der Waals surface area contributed by atoms with E-state index in [4.69, 9.17) is 4.74 Å². The largest absolute Gasteiger partial charge is 0.444 e. The van der Waals surface area contributed by atoms with Gasteiger partial charge >= 0.3 is 6.09 Å². The van der Waals surface area contributed by atoms with Crippen LogP contribution in [0.25, 0.3) is 0 Å². The Balaban J connectivity index is 0.00000480. The molecule has 0 aliphatic carbocycles. The Morgan fingerprint density at radius 3 is 2.19 bits per heavy atom. The standard InChI is InChI=1S/C22H41N5O3.HI/c1-6-23-20(24-16-19(28)26-12-8-9-13-26)27-14-10-18(11-15-27)17-25(7-2)21(29)30-22(3,4)5;/h18H,6-17H2,1-5H3,(H,23,24);1H. The van der Waals surface area contributed by atoms with Crippen LogP contribution in [0.4, 0.5) is 4.79 Å². The second kappa shape index (κ2) is 13.3. The van der Waals surface area contributed by atoms with E-state index in [1.165, 1.54) is 0 Å². The molecule has 0 aromatic heterocycles. The molecule has 0 bridgehead atoms. The predicted molar refractivity (Wildman–Crippen MR) is 135 cm³/mol. The van der Waals surface area contributed by atoms with Crippen LogP contribution in [-0.2, 0) is 9.53 Å². The summed E-state index contributed by atoms with van der Waals surface area (Å²) in [6, 6.07) is 0. The van der Waals surface area contributed by atoms with Crippen LogP contribution in [0.3, 0.4) is 0 Å². The summed E-state index contributed by atoms with van der Waals surface area (Å²) in [5.74, 6) is 1.39. The van der Waals surface area contributed by atoms with Gasteiger partial charge in [-0.1, -0.05) is 0 Å². The van der Waals surface area contributed by atoms with Crippen molar-refractivity contribution < 1.29 is 14.3 Å². The van der Waals surface area contributed by atoms with Crippen molar-refractivity contribution in [2.75, 3.05) is 52.4 Å².